The highest BCUT2D eigenvalue weighted by Crippen LogP contribution is 2.41. The second-order valence-corrected chi connectivity index (χ2v) is 13.4. The van der Waals surface area contributed by atoms with E-state index in [4.69, 9.17) is 28.8 Å². The summed E-state index contributed by atoms with van der Waals surface area (Å²) in [6, 6.07) is 57.8. The Morgan fingerprint density at radius 1 is 0.352 bits per heavy atom. The Balaban J connectivity index is 1.17. The molecule has 0 bridgehead atoms. The van der Waals surface area contributed by atoms with Crippen LogP contribution in [0.25, 0.3) is 111 Å². The van der Waals surface area contributed by atoms with E-state index in [9.17, 15) is 0 Å². The zero-order valence-electron chi connectivity index (χ0n) is 28.8. The Hall–Kier alpha value is -7.44. The Bertz CT molecular complexity index is 3220. The van der Waals surface area contributed by atoms with E-state index < -0.39 is 0 Å². The van der Waals surface area contributed by atoms with E-state index in [1.54, 1.807) is 0 Å². The van der Waals surface area contributed by atoms with Crippen LogP contribution in [0.15, 0.2) is 179 Å². The third-order valence-electron chi connectivity index (χ3n) is 10.1. The van der Waals surface area contributed by atoms with Gasteiger partial charge in [0.05, 0.1) is 0 Å². The van der Waals surface area contributed by atoms with Crippen LogP contribution in [0.5, 0.6) is 0 Å². The topological polar surface area (TPSA) is 77.8 Å². The lowest BCUT2D eigenvalue weighted by Gasteiger charge is -2.15. The Morgan fingerprint density at radius 3 is 1.87 bits per heavy atom. The number of hydrogen-bond donors (Lipinski definition) is 0. The predicted octanol–water partition coefficient (Wildman–Crippen LogP) is 12.6. The third-order valence-corrected chi connectivity index (χ3v) is 10.1. The van der Waals surface area contributed by atoms with Gasteiger partial charge in [-0.1, -0.05) is 127 Å². The number of fused-ring (bicyclic) bond motifs is 6. The maximum Gasteiger partial charge on any atom is 0.227 e. The van der Waals surface area contributed by atoms with Crippen molar-refractivity contribution >= 4 is 54.6 Å². The summed E-state index contributed by atoms with van der Waals surface area (Å²) in [7, 11) is 0. The fourth-order valence-corrected chi connectivity index (χ4v) is 7.59. The molecule has 0 unspecified atom stereocenters. The van der Waals surface area contributed by atoms with Gasteiger partial charge in [-0.3, -0.25) is 0 Å². The van der Waals surface area contributed by atoms with Crippen LogP contribution in [-0.4, -0.2) is 19.9 Å². The molecule has 0 N–H and O–H groups in total. The van der Waals surface area contributed by atoms with Crippen LogP contribution in [0.1, 0.15) is 0 Å². The molecule has 3 aromatic heterocycles. The van der Waals surface area contributed by atoms with E-state index in [0.717, 1.165) is 76.8 Å². The molecule has 0 aliphatic rings. The minimum Gasteiger partial charge on any atom is -0.456 e. The summed E-state index contributed by atoms with van der Waals surface area (Å²) in [5.41, 5.74) is 8.58. The molecule has 54 heavy (non-hydrogen) atoms. The highest BCUT2D eigenvalue weighted by molar-refractivity contribution is 6.14. The zero-order valence-corrected chi connectivity index (χ0v) is 28.8. The van der Waals surface area contributed by atoms with Crippen molar-refractivity contribution in [2.45, 2.75) is 0 Å². The molecule has 6 heteroatoms. The summed E-state index contributed by atoms with van der Waals surface area (Å²) in [4.78, 5) is 20.6. The summed E-state index contributed by atoms with van der Waals surface area (Å²) in [5.74, 6) is 2.29. The van der Waals surface area contributed by atoms with Gasteiger partial charge in [0.2, 0.25) is 5.89 Å². The first-order chi connectivity index (χ1) is 26.7. The van der Waals surface area contributed by atoms with Gasteiger partial charge in [0.1, 0.15) is 16.7 Å². The van der Waals surface area contributed by atoms with Gasteiger partial charge in [0, 0.05) is 44.7 Å². The molecular formula is C48H28N4O2. The highest BCUT2D eigenvalue weighted by atomic mass is 16.4. The highest BCUT2D eigenvalue weighted by Gasteiger charge is 2.22. The maximum atomic E-state index is 6.48. The number of furan rings is 1. The molecule has 0 radical (unpaired) electrons. The molecule has 0 aliphatic carbocycles. The van der Waals surface area contributed by atoms with E-state index in [0.29, 0.717) is 34.5 Å². The largest absolute Gasteiger partial charge is 0.456 e. The molecule has 11 aromatic rings. The lowest BCUT2D eigenvalue weighted by Crippen LogP contribution is -2.01. The molecule has 0 amide bonds. The van der Waals surface area contributed by atoms with Crippen molar-refractivity contribution in [1.29, 1.82) is 0 Å². The number of hydrogen-bond acceptors (Lipinski definition) is 6. The standard InChI is InChI=1S/C48H28N4O2/c1-3-14-31(15-4-1)43-35-19-10-9-13-30(35)24-25-37(43)47-51-45(34-23-22-29-12-7-8-18-33(29)26-34)50-46(52-47)36-20-11-21-40-44(36)38-27-39-42(28-41(38)53-40)54-48(49-39)32-16-5-2-6-17-32/h1-28H. The lowest BCUT2D eigenvalue weighted by atomic mass is 9.93. The molecule has 0 saturated heterocycles. The van der Waals surface area contributed by atoms with Crippen molar-refractivity contribution in [2.24, 2.45) is 0 Å². The Morgan fingerprint density at radius 2 is 1.04 bits per heavy atom. The van der Waals surface area contributed by atoms with E-state index in [1.807, 2.05) is 60.7 Å². The number of aromatic nitrogens is 4. The fourth-order valence-electron chi connectivity index (χ4n) is 7.59. The van der Waals surface area contributed by atoms with Gasteiger partial charge >= 0.3 is 0 Å². The predicted molar refractivity (Wildman–Crippen MR) is 217 cm³/mol. The summed E-state index contributed by atoms with van der Waals surface area (Å²) < 4.78 is 12.7. The van der Waals surface area contributed by atoms with Gasteiger partial charge in [0.25, 0.3) is 0 Å². The summed E-state index contributed by atoms with van der Waals surface area (Å²) >= 11 is 0. The molecule has 0 atom stereocenters. The first-order valence-electron chi connectivity index (χ1n) is 17.9. The van der Waals surface area contributed by atoms with E-state index in [1.165, 1.54) is 0 Å². The minimum absolute atomic E-state index is 0.550. The van der Waals surface area contributed by atoms with Gasteiger partial charge in [-0.05, 0) is 63.5 Å². The molecular weight excluding hydrogens is 665 g/mol. The van der Waals surface area contributed by atoms with Gasteiger partial charge in [-0.2, -0.15) is 0 Å². The number of rotatable bonds is 5. The molecule has 6 nitrogen and oxygen atoms in total. The van der Waals surface area contributed by atoms with Crippen LogP contribution >= 0.6 is 0 Å². The average molecular weight is 693 g/mol. The monoisotopic (exact) mass is 692 g/mol. The minimum atomic E-state index is 0.550. The smallest absolute Gasteiger partial charge is 0.227 e. The van der Waals surface area contributed by atoms with Crippen molar-refractivity contribution in [2.75, 3.05) is 0 Å². The number of oxazole rings is 1. The van der Waals surface area contributed by atoms with Crippen molar-refractivity contribution in [3.05, 3.63) is 170 Å². The quantitative estimate of drug-likeness (QED) is 0.179. The molecule has 8 aromatic carbocycles. The van der Waals surface area contributed by atoms with E-state index >= 15 is 0 Å². The molecule has 252 valence electrons. The maximum absolute atomic E-state index is 6.48. The molecule has 0 saturated carbocycles. The second-order valence-electron chi connectivity index (χ2n) is 13.4. The van der Waals surface area contributed by atoms with Crippen LogP contribution in [0.4, 0.5) is 0 Å². The van der Waals surface area contributed by atoms with Crippen molar-refractivity contribution in [1.82, 2.24) is 19.9 Å². The van der Waals surface area contributed by atoms with Gasteiger partial charge in [0.15, 0.2) is 23.1 Å². The van der Waals surface area contributed by atoms with Crippen molar-refractivity contribution in [3.8, 4) is 56.7 Å². The molecule has 11 rings (SSSR count). The molecule has 3 heterocycles. The van der Waals surface area contributed by atoms with E-state index in [-0.39, 0.29) is 0 Å². The summed E-state index contributed by atoms with van der Waals surface area (Å²) in [5, 5.41) is 6.36. The van der Waals surface area contributed by atoms with Crippen LogP contribution in [0.2, 0.25) is 0 Å². The third kappa shape index (κ3) is 4.96. The van der Waals surface area contributed by atoms with Gasteiger partial charge in [-0.15, -0.1) is 0 Å². The molecule has 0 fully saturated rings. The average Bonchev–Trinajstić information content (AvgIpc) is 3.83. The first kappa shape index (κ1) is 30.2. The SMILES string of the molecule is c1ccc(-c2nc3cc4c(cc3o2)oc2cccc(-c3nc(-c5ccc6ccccc6c5)nc(-c5ccc6ccccc6c5-c5ccccc5)n3)c24)cc1. The first-order valence-corrected chi connectivity index (χ1v) is 17.9. The van der Waals surface area contributed by atoms with Crippen LogP contribution in [0, 0.1) is 0 Å². The fraction of sp³-hybridized carbons (Fsp3) is 0. The Kier molecular flexibility index (Phi) is 6.75. The Labute approximate surface area is 309 Å². The summed E-state index contributed by atoms with van der Waals surface area (Å²) in [6.45, 7) is 0. The van der Waals surface area contributed by atoms with Crippen molar-refractivity contribution in [3.63, 3.8) is 0 Å². The normalized spacial score (nSPS) is 11.7. The van der Waals surface area contributed by atoms with Crippen molar-refractivity contribution < 1.29 is 8.83 Å². The zero-order chi connectivity index (χ0) is 35.6. The van der Waals surface area contributed by atoms with Gasteiger partial charge < -0.3 is 8.83 Å². The molecule has 0 aliphatic heterocycles. The van der Waals surface area contributed by atoms with Crippen LogP contribution in [-0.2, 0) is 0 Å². The van der Waals surface area contributed by atoms with Crippen LogP contribution in [0.3, 0.4) is 0 Å². The second kappa shape index (κ2) is 12.1. The lowest BCUT2D eigenvalue weighted by molar-refractivity contribution is 0.617. The number of benzene rings is 8. The molecule has 0 spiro atoms. The van der Waals surface area contributed by atoms with E-state index in [2.05, 4.69) is 109 Å². The number of nitrogens with zero attached hydrogens (tertiary/aromatic N) is 4. The van der Waals surface area contributed by atoms with Crippen LogP contribution < -0.4 is 0 Å². The summed E-state index contributed by atoms with van der Waals surface area (Å²) in [6.07, 6.45) is 0. The van der Waals surface area contributed by atoms with Gasteiger partial charge in [-0.25, -0.2) is 19.9 Å².